The molecule has 0 fully saturated rings. The zero-order chi connectivity index (χ0) is 17.6. The zero-order valence-electron chi connectivity index (χ0n) is 13.3. The molecule has 3 rings (SSSR count). The minimum Gasteiger partial charge on any atom is -0.454 e. The van der Waals surface area contributed by atoms with E-state index in [2.05, 4.69) is 15.6 Å². The van der Waals surface area contributed by atoms with Crippen LogP contribution in [-0.2, 0) is 0 Å². The lowest BCUT2D eigenvalue weighted by molar-refractivity contribution is 0.102. The van der Waals surface area contributed by atoms with Crippen molar-refractivity contribution in [2.75, 3.05) is 18.4 Å². The van der Waals surface area contributed by atoms with Crippen LogP contribution in [0.4, 0.5) is 11.4 Å². The number of carbonyl (C=O) groups is 1. The quantitative estimate of drug-likeness (QED) is 0.381. The summed E-state index contributed by atoms with van der Waals surface area (Å²) in [6.45, 7) is 0.182. The Morgan fingerprint density at radius 1 is 1.24 bits per heavy atom. The first-order valence-corrected chi connectivity index (χ1v) is 8.51. The van der Waals surface area contributed by atoms with Gasteiger partial charge in [0.25, 0.3) is 5.91 Å². The maximum Gasteiger partial charge on any atom is 0.255 e. The molecule has 126 valence electrons. The van der Waals surface area contributed by atoms with Crippen molar-refractivity contribution in [1.29, 1.82) is 5.26 Å². The Labute approximate surface area is 148 Å². The van der Waals surface area contributed by atoms with Crippen LogP contribution < -0.4 is 20.1 Å². The molecule has 2 aromatic carbocycles. The monoisotopic (exact) mass is 354 g/mol. The highest BCUT2D eigenvalue weighted by Gasteiger charge is 2.14. The fourth-order valence-electron chi connectivity index (χ4n) is 2.18. The molecule has 0 unspecified atom stereocenters. The first-order chi connectivity index (χ1) is 12.2. The van der Waals surface area contributed by atoms with E-state index in [1.54, 1.807) is 48.7 Å². The van der Waals surface area contributed by atoms with Gasteiger partial charge in [-0.1, -0.05) is 17.8 Å². The Kier molecular flexibility index (Phi) is 5.06. The number of hydrogen-bond acceptors (Lipinski definition) is 6. The van der Waals surface area contributed by atoms with Gasteiger partial charge in [-0.2, -0.15) is 5.26 Å². The Bertz CT molecular complexity index is 876. The third-order valence-electron chi connectivity index (χ3n) is 3.33. The Morgan fingerprint density at radius 2 is 2.08 bits per heavy atom. The van der Waals surface area contributed by atoms with Crippen LogP contribution >= 0.6 is 11.8 Å². The van der Waals surface area contributed by atoms with Gasteiger partial charge < -0.3 is 14.8 Å². The van der Waals surface area contributed by atoms with Crippen LogP contribution in [0.15, 0.2) is 47.5 Å². The number of amidine groups is 1. The van der Waals surface area contributed by atoms with E-state index in [1.165, 1.54) is 11.8 Å². The van der Waals surface area contributed by atoms with Crippen LogP contribution in [-0.4, -0.2) is 24.1 Å². The molecular weight excluding hydrogens is 340 g/mol. The van der Waals surface area contributed by atoms with Gasteiger partial charge in [-0.25, -0.2) is 4.99 Å². The van der Waals surface area contributed by atoms with Crippen LogP contribution in [0.25, 0.3) is 0 Å². The number of benzene rings is 2. The van der Waals surface area contributed by atoms with E-state index in [1.807, 2.05) is 6.19 Å². The largest absolute Gasteiger partial charge is 0.454 e. The number of thioether (sulfide) groups is 1. The van der Waals surface area contributed by atoms with Crippen LogP contribution in [0.1, 0.15) is 10.4 Å². The van der Waals surface area contributed by atoms with Crippen molar-refractivity contribution in [3.05, 3.63) is 48.0 Å². The van der Waals surface area contributed by atoms with Gasteiger partial charge in [-0.05, 0) is 36.6 Å². The standard InChI is InChI=1S/C17H14N4O3S/c1-25-17(19-9-18)21-12-4-2-3-11(7-12)16(22)20-13-5-6-14-15(8-13)24-10-23-14/h2-8H,10H2,1H3,(H,19,21)(H,20,22). The van der Waals surface area contributed by atoms with Crippen molar-refractivity contribution in [3.8, 4) is 17.7 Å². The molecule has 7 nitrogen and oxygen atoms in total. The highest BCUT2D eigenvalue weighted by molar-refractivity contribution is 8.13. The first kappa shape index (κ1) is 16.7. The lowest BCUT2D eigenvalue weighted by Gasteiger charge is -2.07. The number of rotatable bonds is 3. The number of anilines is 1. The molecule has 2 aromatic rings. The summed E-state index contributed by atoms with van der Waals surface area (Å²) in [6.07, 6.45) is 3.63. The molecule has 0 aromatic heterocycles. The van der Waals surface area contributed by atoms with Gasteiger partial charge in [0, 0.05) is 17.3 Å². The summed E-state index contributed by atoms with van der Waals surface area (Å²) in [4.78, 5) is 16.7. The van der Waals surface area contributed by atoms with Crippen molar-refractivity contribution in [2.24, 2.45) is 4.99 Å². The van der Waals surface area contributed by atoms with Crippen molar-refractivity contribution in [2.45, 2.75) is 0 Å². The van der Waals surface area contributed by atoms with E-state index in [0.29, 0.717) is 33.6 Å². The van der Waals surface area contributed by atoms with E-state index in [-0.39, 0.29) is 12.7 Å². The molecule has 1 amide bonds. The van der Waals surface area contributed by atoms with E-state index in [4.69, 9.17) is 14.7 Å². The maximum atomic E-state index is 12.4. The Balaban J connectivity index is 1.76. The highest BCUT2D eigenvalue weighted by Crippen LogP contribution is 2.34. The summed E-state index contributed by atoms with van der Waals surface area (Å²) < 4.78 is 10.5. The van der Waals surface area contributed by atoms with E-state index in [0.717, 1.165) is 0 Å². The number of fused-ring (bicyclic) bond motifs is 1. The van der Waals surface area contributed by atoms with Gasteiger partial charge in [-0.15, -0.1) is 0 Å². The molecule has 0 radical (unpaired) electrons. The number of nitrogens with zero attached hydrogens (tertiary/aromatic N) is 2. The predicted octanol–water partition coefficient (Wildman–Crippen LogP) is 3.09. The summed E-state index contributed by atoms with van der Waals surface area (Å²) in [7, 11) is 0. The molecule has 25 heavy (non-hydrogen) atoms. The smallest absolute Gasteiger partial charge is 0.255 e. The molecule has 0 spiro atoms. The topological polar surface area (TPSA) is 95.7 Å². The summed E-state index contributed by atoms with van der Waals surface area (Å²) >= 11 is 1.31. The average molecular weight is 354 g/mol. The van der Waals surface area contributed by atoms with Crippen LogP contribution in [0, 0.1) is 11.5 Å². The van der Waals surface area contributed by atoms with E-state index >= 15 is 0 Å². The highest BCUT2D eigenvalue weighted by atomic mass is 32.2. The van der Waals surface area contributed by atoms with Crippen LogP contribution in [0.2, 0.25) is 0 Å². The molecule has 1 heterocycles. The normalized spacial score (nSPS) is 12.4. The Hall–Kier alpha value is -3.18. The average Bonchev–Trinajstić information content (AvgIpc) is 3.09. The third-order valence-corrected chi connectivity index (χ3v) is 3.91. The molecule has 0 saturated heterocycles. The lowest BCUT2D eigenvalue weighted by Crippen LogP contribution is -2.13. The van der Waals surface area contributed by atoms with Gasteiger partial charge in [-0.3, -0.25) is 10.1 Å². The number of nitrogens with one attached hydrogen (secondary N) is 2. The molecule has 8 heteroatoms. The second-order valence-corrected chi connectivity index (χ2v) is 5.73. The SMILES string of the molecule is CSC(=Nc1cccc(C(=O)Nc2ccc3c(c2)OCO3)c1)NC#N. The molecule has 0 atom stereocenters. The number of hydrogen-bond donors (Lipinski definition) is 2. The van der Waals surface area contributed by atoms with Crippen molar-refractivity contribution in [3.63, 3.8) is 0 Å². The molecule has 0 saturated carbocycles. The van der Waals surface area contributed by atoms with Crippen LogP contribution in [0.5, 0.6) is 11.5 Å². The van der Waals surface area contributed by atoms with Crippen molar-refractivity contribution in [1.82, 2.24) is 5.32 Å². The molecule has 2 N–H and O–H groups in total. The van der Waals surface area contributed by atoms with Gasteiger partial charge in [0.2, 0.25) is 6.79 Å². The molecule has 0 aliphatic carbocycles. The van der Waals surface area contributed by atoms with Gasteiger partial charge in [0.15, 0.2) is 22.9 Å². The fourth-order valence-corrected chi connectivity index (χ4v) is 2.53. The molecule has 1 aliphatic heterocycles. The van der Waals surface area contributed by atoms with Gasteiger partial charge in [0.05, 0.1) is 5.69 Å². The predicted molar refractivity (Wildman–Crippen MR) is 96.3 cm³/mol. The van der Waals surface area contributed by atoms with Gasteiger partial charge >= 0.3 is 0 Å². The lowest BCUT2D eigenvalue weighted by atomic mass is 10.2. The number of aliphatic imine (C=N–C) groups is 1. The number of amides is 1. The first-order valence-electron chi connectivity index (χ1n) is 7.28. The summed E-state index contributed by atoms with van der Waals surface area (Å²) in [5.74, 6) is 0.988. The third kappa shape index (κ3) is 4.02. The maximum absolute atomic E-state index is 12.4. The molecular formula is C17H14N4O3S. The van der Waals surface area contributed by atoms with E-state index in [9.17, 15) is 4.79 Å². The van der Waals surface area contributed by atoms with Gasteiger partial charge in [0.1, 0.15) is 0 Å². The number of carbonyl (C=O) groups excluding carboxylic acids is 1. The van der Waals surface area contributed by atoms with Crippen molar-refractivity contribution < 1.29 is 14.3 Å². The van der Waals surface area contributed by atoms with Crippen molar-refractivity contribution >= 4 is 34.2 Å². The number of nitriles is 1. The molecule has 1 aliphatic rings. The minimum absolute atomic E-state index is 0.182. The van der Waals surface area contributed by atoms with Crippen LogP contribution in [0.3, 0.4) is 0 Å². The van der Waals surface area contributed by atoms with E-state index < -0.39 is 0 Å². The number of ether oxygens (including phenoxy) is 2. The summed E-state index contributed by atoms with van der Waals surface area (Å²) in [5, 5.41) is 14.4. The second kappa shape index (κ2) is 7.59. The fraction of sp³-hybridized carbons (Fsp3) is 0.118. The molecule has 0 bridgehead atoms. The minimum atomic E-state index is -0.269. The second-order valence-electron chi connectivity index (χ2n) is 4.93. The summed E-state index contributed by atoms with van der Waals surface area (Å²) in [6, 6.07) is 12.0. The Morgan fingerprint density at radius 3 is 2.88 bits per heavy atom. The summed E-state index contributed by atoms with van der Waals surface area (Å²) in [5.41, 5.74) is 1.64. The zero-order valence-corrected chi connectivity index (χ0v) is 14.1.